The number of amidine groups is 1. The third-order valence-corrected chi connectivity index (χ3v) is 4.89. The highest BCUT2D eigenvalue weighted by Gasteiger charge is 2.28. The van der Waals surface area contributed by atoms with E-state index in [9.17, 15) is 5.11 Å². The van der Waals surface area contributed by atoms with Crippen LogP contribution in [-0.2, 0) is 6.54 Å². The minimum Gasteiger partial charge on any atom is -0.391 e. The summed E-state index contributed by atoms with van der Waals surface area (Å²) in [5, 5.41) is 21.3. The number of likely N-dealkylation sites (tertiary alicyclic amines) is 1. The van der Waals surface area contributed by atoms with Gasteiger partial charge in [0, 0.05) is 24.7 Å². The molecule has 2 aliphatic heterocycles. The first kappa shape index (κ1) is 18.2. The predicted molar refractivity (Wildman–Crippen MR) is 109 cm³/mol. The Hall–Kier alpha value is -3.13. The van der Waals surface area contributed by atoms with Crippen LogP contribution in [0.25, 0.3) is 10.9 Å². The Balaban J connectivity index is 1.59. The van der Waals surface area contributed by atoms with Crippen LogP contribution >= 0.6 is 0 Å². The van der Waals surface area contributed by atoms with Gasteiger partial charge >= 0.3 is 0 Å². The molecule has 2 aromatic rings. The number of fused-ring (bicyclic) bond motifs is 1. The number of pyridine rings is 1. The average Bonchev–Trinajstić information content (AvgIpc) is 3.28. The number of hydrogen-bond donors (Lipinski definition) is 1. The smallest absolute Gasteiger partial charge is 0.155 e. The van der Waals surface area contributed by atoms with Crippen LogP contribution in [0.2, 0.25) is 0 Å². The molecule has 1 aromatic carbocycles. The summed E-state index contributed by atoms with van der Waals surface area (Å²) < 4.78 is 0. The van der Waals surface area contributed by atoms with Gasteiger partial charge in [-0.25, -0.2) is 10.0 Å². The highest BCUT2D eigenvalue weighted by molar-refractivity contribution is 5.89. The van der Waals surface area contributed by atoms with Crippen LogP contribution in [-0.4, -0.2) is 57.8 Å². The van der Waals surface area contributed by atoms with E-state index in [2.05, 4.69) is 33.1 Å². The quantitative estimate of drug-likeness (QED) is 0.812. The van der Waals surface area contributed by atoms with Gasteiger partial charge in [0.05, 0.1) is 24.4 Å². The number of nitrogens with zero attached hydrogens (tertiary/aromatic N) is 7. The highest BCUT2D eigenvalue weighted by Crippen LogP contribution is 2.22. The topological polar surface area (TPSA) is 89.0 Å². The summed E-state index contributed by atoms with van der Waals surface area (Å²) in [6.45, 7) is 7.35. The third kappa shape index (κ3) is 3.77. The molecule has 144 valence electrons. The Morgan fingerprint density at radius 1 is 1.39 bits per heavy atom. The Kier molecular flexibility index (Phi) is 5.12. The van der Waals surface area contributed by atoms with Crippen molar-refractivity contribution < 1.29 is 5.11 Å². The van der Waals surface area contributed by atoms with Crippen LogP contribution in [0.15, 0.2) is 68.9 Å². The van der Waals surface area contributed by atoms with E-state index >= 15 is 0 Å². The molecule has 8 nitrogen and oxygen atoms in total. The lowest BCUT2D eigenvalue weighted by Gasteiger charge is -2.21. The summed E-state index contributed by atoms with van der Waals surface area (Å²) in [6, 6.07) is 9.99. The summed E-state index contributed by atoms with van der Waals surface area (Å²) in [6.07, 6.45) is 3.79. The summed E-state index contributed by atoms with van der Waals surface area (Å²) in [5.41, 5.74) is 2.07. The van der Waals surface area contributed by atoms with Crippen molar-refractivity contribution in [1.29, 1.82) is 0 Å². The van der Waals surface area contributed by atoms with Crippen molar-refractivity contribution in [3.63, 3.8) is 0 Å². The van der Waals surface area contributed by atoms with E-state index in [1.54, 1.807) is 12.4 Å². The fourth-order valence-corrected chi connectivity index (χ4v) is 3.44. The second kappa shape index (κ2) is 7.85. The zero-order valence-electron chi connectivity index (χ0n) is 15.8. The first-order valence-electron chi connectivity index (χ1n) is 9.33. The molecular weight excluding hydrogens is 354 g/mol. The standard InChI is InChI=1S/C20H23N7O/c1-14-20(23-19(11-21-2)26-9-7-17(28)13-26)27(25-24-14)12-15-5-6-18-16(10-15)4-3-8-22-18/h3-6,8,10-11,14,17,28H,2,7,9,12-13H2,1H3/b19-11+,23-20+. The van der Waals surface area contributed by atoms with Crippen molar-refractivity contribution in [1.82, 2.24) is 14.9 Å². The third-order valence-electron chi connectivity index (χ3n) is 4.89. The van der Waals surface area contributed by atoms with E-state index < -0.39 is 0 Å². The molecule has 0 amide bonds. The molecule has 1 aromatic heterocycles. The zero-order valence-corrected chi connectivity index (χ0v) is 15.8. The number of aromatic nitrogens is 1. The SMILES string of the molecule is C=N/C=C(\N=C1/C(C)N=NN1Cc1ccc2ncccc2c1)N1CCC(O)C1. The van der Waals surface area contributed by atoms with Crippen LogP contribution in [0.5, 0.6) is 0 Å². The molecule has 1 N–H and O–H groups in total. The lowest BCUT2D eigenvalue weighted by atomic mass is 10.1. The average molecular weight is 377 g/mol. The molecule has 1 saturated heterocycles. The fraction of sp³-hybridized carbons (Fsp3) is 0.350. The molecule has 1 fully saturated rings. The van der Waals surface area contributed by atoms with E-state index in [-0.39, 0.29) is 12.1 Å². The molecule has 4 rings (SSSR count). The van der Waals surface area contributed by atoms with Crippen molar-refractivity contribution >= 4 is 23.5 Å². The van der Waals surface area contributed by atoms with Gasteiger partial charge in [0.15, 0.2) is 5.84 Å². The van der Waals surface area contributed by atoms with E-state index in [0.717, 1.165) is 35.3 Å². The summed E-state index contributed by atoms with van der Waals surface area (Å²) >= 11 is 0. The van der Waals surface area contributed by atoms with Gasteiger partial charge in [-0.05, 0) is 43.8 Å². The molecule has 0 bridgehead atoms. The van der Waals surface area contributed by atoms with Gasteiger partial charge in [-0.3, -0.25) is 9.98 Å². The van der Waals surface area contributed by atoms with Crippen LogP contribution in [0.3, 0.4) is 0 Å². The van der Waals surface area contributed by atoms with E-state index in [1.165, 1.54) is 0 Å². The molecule has 2 unspecified atom stereocenters. The first-order valence-corrected chi connectivity index (χ1v) is 9.33. The molecule has 28 heavy (non-hydrogen) atoms. The van der Waals surface area contributed by atoms with E-state index in [1.807, 2.05) is 41.1 Å². The van der Waals surface area contributed by atoms with Gasteiger partial charge in [-0.1, -0.05) is 17.4 Å². The number of aliphatic hydroxyl groups excluding tert-OH is 1. The summed E-state index contributed by atoms with van der Waals surface area (Å²) in [4.78, 5) is 15.0. The Morgan fingerprint density at radius 2 is 2.29 bits per heavy atom. The van der Waals surface area contributed by atoms with Crippen molar-refractivity contribution in [2.24, 2.45) is 20.3 Å². The molecule has 0 radical (unpaired) electrons. The van der Waals surface area contributed by atoms with E-state index in [4.69, 9.17) is 4.99 Å². The minimum atomic E-state index is -0.342. The van der Waals surface area contributed by atoms with Gasteiger partial charge in [0.2, 0.25) is 0 Å². The molecule has 0 spiro atoms. The lowest BCUT2D eigenvalue weighted by Crippen LogP contribution is -2.29. The second-order valence-corrected chi connectivity index (χ2v) is 7.00. The van der Waals surface area contributed by atoms with Gasteiger partial charge < -0.3 is 10.0 Å². The summed E-state index contributed by atoms with van der Waals surface area (Å²) in [5.74, 6) is 1.43. The Labute approximate surface area is 163 Å². The van der Waals surface area contributed by atoms with Crippen molar-refractivity contribution in [2.75, 3.05) is 13.1 Å². The zero-order chi connectivity index (χ0) is 19.5. The van der Waals surface area contributed by atoms with Gasteiger partial charge in [0.25, 0.3) is 0 Å². The number of hydrogen-bond acceptors (Lipinski definition) is 7. The number of aliphatic hydroxyl groups is 1. The molecule has 8 heteroatoms. The van der Waals surface area contributed by atoms with Crippen LogP contribution in [0.1, 0.15) is 18.9 Å². The van der Waals surface area contributed by atoms with Gasteiger partial charge in [-0.2, -0.15) is 5.11 Å². The van der Waals surface area contributed by atoms with Crippen molar-refractivity contribution in [2.45, 2.75) is 32.0 Å². The van der Waals surface area contributed by atoms with Gasteiger partial charge in [-0.15, -0.1) is 0 Å². The molecule has 0 aliphatic carbocycles. The fourth-order valence-electron chi connectivity index (χ4n) is 3.44. The summed E-state index contributed by atoms with van der Waals surface area (Å²) in [7, 11) is 0. The molecular formula is C20H23N7O. The first-order chi connectivity index (χ1) is 13.6. The second-order valence-electron chi connectivity index (χ2n) is 7.00. The predicted octanol–water partition coefficient (Wildman–Crippen LogP) is 2.77. The number of rotatable bonds is 5. The Bertz CT molecular complexity index is 968. The normalized spacial score (nSPS) is 23.9. The maximum Gasteiger partial charge on any atom is 0.155 e. The number of β-amino-alcohol motifs (C(OH)–C–C–N with tert-alkyl or cyclic N) is 1. The maximum absolute atomic E-state index is 9.85. The minimum absolute atomic E-state index is 0.150. The lowest BCUT2D eigenvalue weighted by molar-refractivity contribution is 0.183. The number of aliphatic imine (C=N–C) groups is 2. The van der Waals surface area contributed by atoms with Crippen molar-refractivity contribution in [3.05, 3.63) is 54.1 Å². The van der Waals surface area contributed by atoms with Crippen LogP contribution < -0.4 is 0 Å². The molecule has 2 atom stereocenters. The van der Waals surface area contributed by atoms with Gasteiger partial charge in [0.1, 0.15) is 11.9 Å². The molecule has 3 heterocycles. The van der Waals surface area contributed by atoms with Crippen molar-refractivity contribution in [3.8, 4) is 0 Å². The van der Waals surface area contributed by atoms with E-state index in [0.29, 0.717) is 18.9 Å². The highest BCUT2D eigenvalue weighted by atomic mass is 16.3. The largest absolute Gasteiger partial charge is 0.391 e. The molecule has 0 saturated carbocycles. The maximum atomic E-state index is 9.85. The molecule has 2 aliphatic rings. The monoisotopic (exact) mass is 377 g/mol. The number of benzene rings is 1. The van der Waals surface area contributed by atoms with Crippen LogP contribution in [0, 0.1) is 0 Å². The Morgan fingerprint density at radius 3 is 3.07 bits per heavy atom. The van der Waals surface area contributed by atoms with Crippen LogP contribution in [0.4, 0.5) is 0 Å².